The van der Waals surface area contributed by atoms with Gasteiger partial charge in [0.2, 0.25) is 0 Å². The van der Waals surface area contributed by atoms with Crippen molar-refractivity contribution < 1.29 is 14.3 Å². The first-order chi connectivity index (χ1) is 9.56. The number of nitrogens with zero attached hydrogens (tertiary/aromatic N) is 1. The van der Waals surface area contributed by atoms with Crippen LogP contribution < -0.4 is 5.43 Å². The van der Waals surface area contributed by atoms with E-state index in [9.17, 15) is 9.18 Å². The van der Waals surface area contributed by atoms with Crippen molar-refractivity contribution in [3.63, 3.8) is 0 Å². The molecular weight excluding hydrogens is 327 g/mol. The van der Waals surface area contributed by atoms with E-state index in [0.717, 1.165) is 0 Å². The third-order valence-electron chi connectivity index (χ3n) is 2.49. The molecular formula is C14H10BrFN2O2. The molecule has 4 nitrogen and oxygen atoms in total. The van der Waals surface area contributed by atoms with Gasteiger partial charge in [-0.15, -0.1) is 0 Å². The number of anilines is 1. The Balaban J connectivity index is 2.04. The molecule has 0 saturated carbocycles. The number of aromatic carboxylic acids is 1. The summed E-state index contributed by atoms with van der Waals surface area (Å²) in [6.45, 7) is 0. The van der Waals surface area contributed by atoms with Crippen LogP contribution in [0.25, 0.3) is 0 Å². The predicted molar refractivity (Wildman–Crippen MR) is 78.7 cm³/mol. The maximum Gasteiger partial charge on any atom is 0.335 e. The molecule has 0 radical (unpaired) electrons. The standard InChI is InChI=1S/C14H10BrFN2O2/c15-11-4-1-10(13(16)7-11)8-17-18-12-5-2-9(3-6-12)14(19)20/h1-8,18H,(H,19,20)/b17-8-. The first kappa shape index (κ1) is 14.2. The van der Waals surface area contributed by atoms with E-state index in [4.69, 9.17) is 5.11 Å². The molecule has 2 aromatic rings. The average molecular weight is 337 g/mol. The van der Waals surface area contributed by atoms with Crippen molar-refractivity contribution in [2.24, 2.45) is 5.10 Å². The fraction of sp³-hybridized carbons (Fsp3) is 0. The Bertz CT molecular complexity index is 657. The number of carboxylic acid groups (broad SMARTS) is 1. The molecule has 0 aliphatic heterocycles. The second kappa shape index (κ2) is 6.29. The molecule has 0 atom stereocenters. The lowest BCUT2D eigenvalue weighted by Gasteiger charge is -2.01. The monoisotopic (exact) mass is 336 g/mol. The molecule has 102 valence electrons. The zero-order chi connectivity index (χ0) is 14.5. The third kappa shape index (κ3) is 3.64. The van der Waals surface area contributed by atoms with Gasteiger partial charge in [0.25, 0.3) is 0 Å². The van der Waals surface area contributed by atoms with E-state index in [0.29, 0.717) is 15.7 Å². The van der Waals surface area contributed by atoms with Gasteiger partial charge in [-0.1, -0.05) is 15.9 Å². The molecule has 20 heavy (non-hydrogen) atoms. The van der Waals surface area contributed by atoms with Gasteiger partial charge in [0.05, 0.1) is 17.5 Å². The lowest BCUT2D eigenvalue weighted by Crippen LogP contribution is -1.97. The average Bonchev–Trinajstić information content (AvgIpc) is 2.42. The van der Waals surface area contributed by atoms with Crippen molar-refractivity contribution in [1.29, 1.82) is 0 Å². The molecule has 0 bridgehead atoms. The molecule has 2 rings (SSSR count). The van der Waals surface area contributed by atoms with Crippen molar-refractivity contribution in [1.82, 2.24) is 0 Å². The van der Waals surface area contributed by atoms with Gasteiger partial charge >= 0.3 is 5.97 Å². The van der Waals surface area contributed by atoms with E-state index >= 15 is 0 Å². The Morgan fingerprint density at radius 2 is 1.95 bits per heavy atom. The van der Waals surface area contributed by atoms with Crippen LogP contribution in [0, 0.1) is 5.82 Å². The molecule has 0 spiro atoms. The van der Waals surface area contributed by atoms with Gasteiger partial charge in [-0.05, 0) is 42.5 Å². The zero-order valence-corrected chi connectivity index (χ0v) is 11.8. The minimum absolute atomic E-state index is 0.193. The number of hydrazone groups is 1. The lowest BCUT2D eigenvalue weighted by molar-refractivity contribution is 0.0697. The number of hydrogen-bond donors (Lipinski definition) is 2. The van der Waals surface area contributed by atoms with Crippen molar-refractivity contribution in [3.05, 3.63) is 63.9 Å². The fourth-order valence-electron chi connectivity index (χ4n) is 1.47. The van der Waals surface area contributed by atoms with E-state index in [1.807, 2.05) is 0 Å². The minimum atomic E-state index is -0.989. The van der Waals surface area contributed by atoms with Gasteiger partial charge in [0.1, 0.15) is 5.82 Å². The number of benzene rings is 2. The number of halogens is 2. The van der Waals surface area contributed by atoms with E-state index in [2.05, 4.69) is 26.5 Å². The van der Waals surface area contributed by atoms with Crippen LogP contribution in [-0.2, 0) is 0 Å². The number of rotatable bonds is 4. The molecule has 6 heteroatoms. The quantitative estimate of drug-likeness (QED) is 0.660. The topological polar surface area (TPSA) is 61.7 Å². The van der Waals surface area contributed by atoms with Gasteiger partial charge in [0, 0.05) is 10.0 Å². The van der Waals surface area contributed by atoms with E-state index < -0.39 is 5.97 Å². The molecule has 0 fully saturated rings. The summed E-state index contributed by atoms with van der Waals surface area (Å²) in [6.07, 6.45) is 1.35. The van der Waals surface area contributed by atoms with Crippen molar-refractivity contribution in [3.8, 4) is 0 Å². The highest BCUT2D eigenvalue weighted by molar-refractivity contribution is 9.10. The predicted octanol–water partition coefficient (Wildman–Crippen LogP) is 3.73. The third-order valence-corrected chi connectivity index (χ3v) is 2.98. The van der Waals surface area contributed by atoms with Crippen LogP contribution in [0.5, 0.6) is 0 Å². The number of nitrogens with one attached hydrogen (secondary N) is 1. The first-order valence-electron chi connectivity index (χ1n) is 5.64. The Hall–Kier alpha value is -2.21. The number of carbonyl (C=O) groups is 1. The van der Waals surface area contributed by atoms with Gasteiger partial charge in [-0.3, -0.25) is 5.43 Å². The van der Waals surface area contributed by atoms with E-state index in [-0.39, 0.29) is 11.4 Å². The first-order valence-corrected chi connectivity index (χ1v) is 6.43. The maximum absolute atomic E-state index is 13.5. The highest BCUT2D eigenvalue weighted by Gasteiger charge is 2.01. The van der Waals surface area contributed by atoms with Crippen molar-refractivity contribution in [2.75, 3.05) is 5.43 Å². The highest BCUT2D eigenvalue weighted by atomic mass is 79.9. The SMILES string of the molecule is O=C(O)c1ccc(N/N=C\c2ccc(Br)cc2F)cc1. The Morgan fingerprint density at radius 3 is 2.55 bits per heavy atom. The van der Waals surface area contributed by atoms with E-state index in [1.54, 1.807) is 24.3 Å². The van der Waals surface area contributed by atoms with Gasteiger partial charge in [0.15, 0.2) is 0 Å². The summed E-state index contributed by atoms with van der Waals surface area (Å²) in [5.74, 6) is -1.37. The smallest absolute Gasteiger partial charge is 0.335 e. The maximum atomic E-state index is 13.5. The zero-order valence-electron chi connectivity index (χ0n) is 10.2. The second-order valence-electron chi connectivity index (χ2n) is 3.92. The van der Waals surface area contributed by atoms with Crippen LogP contribution in [0.2, 0.25) is 0 Å². The second-order valence-corrected chi connectivity index (χ2v) is 4.83. The summed E-state index contributed by atoms with van der Waals surface area (Å²) < 4.78 is 14.2. The molecule has 2 aromatic carbocycles. The largest absolute Gasteiger partial charge is 0.478 e. The van der Waals surface area contributed by atoms with Crippen LogP contribution in [-0.4, -0.2) is 17.3 Å². The van der Waals surface area contributed by atoms with Gasteiger partial charge in [-0.25, -0.2) is 9.18 Å². The number of carboxylic acids is 1. The normalized spacial score (nSPS) is 10.7. The Labute approximate surface area is 123 Å². The fourth-order valence-corrected chi connectivity index (χ4v) is 1.80. The van der Waals surface area contributed by atoms with Crippen LogP contribution >= 0.6 is 15.9 Å². The summed E-state index contributed by atoms with van der Waals surface area (Å²) in [5.41, 5.74) is 3.86. The summed E-state index contributed by atoms with van der Waals surface area (Å²) >= 11 is 3.17. The summed E-state index contributed by atoms with van der Waals surface area (Å²) in [5, 5.41) is 12.7. The van der Waals surface area contributed by atoms with Crippen LogP contribution in [0.3, 0.4) is 0 Å². The molecule has 0 aliphatic carbocycles. The Morgan fingerprint density at radius 1 is 1.25 bits per heavy atom. The van der Waals surface area contributed by atoms with Crippen LogP contribution in [0.4, 0.5) is 10.1 Å². The lowest BCUT2D eigenvalue weighted by atomic mass is 10.2. The molecule has 0 aromatic heterocycles. The summed E-state index contributed by atoms with van der Waals surface area (Å²) in [6, 6.07) is 10.7. The van der Waals surface area contributed by atoms with Gasteiger partial charge < -0.3 is 5.11 Å². The van der Waals surface area contributed by atoms with Crippen molar-refractivity contribution >= 4 is 33.8 Å². The molecule has 0 heterocycles. The minimum Gasteiger partial charge on any atom is -0.478 e. The van der Waals surface area contributed by atoms with E-state index in [1.165, 1.54) is 24.4 Å². The molecule has 0 amide bonds. The highest BCUT2D eigenvalue weighted by Crippen LogP contribution is 2.14. The Kier molecular flexibility index (Phi) is 4.47. The summed E-state index contributed by atoms with van der Waals surface area (Å²) in [4.78, 5) is 10.7. The molecule has 2 N–H and O–H groups in total. The van der Waals surface area contributed by atoms with Crippen LogP contribution in [0.15, 0.2) is 52.0 Å². The molecule has 0 saturated heterocycles. The number of hydrogen-bond acceptors (Lipinski definition) is 3. The van der Waals surface area contributed by atoms with Crippen molar-refractivity contribution in [2.45, 2.75) is 0 Å². The van der Waals surface area contributed by atoms with Crippen LogP contribution in [0.1, 0.15) is 15.9 Å². The molecule has 0 unspecified atom stereocenters. The van der Waals surface area contributed by atoms with Gasteiger partial charge in [-0.2, -0.15) is 5.10 Å². The summed E-state index contributed by atoms with van der Waals surface area (Å²) in [7, 11) is 0. The molecule has 0 aliphatic rings.